The Kier molecular flexibility index (Phi) is 6.45. The van der Waals surface area contributed by atoms with Gasteiger partial charge in [0, 0.05) is 20.4 Å². The fraction of sp³-hybridized carbons (Fsp3) is 0.0952. The number of carbonyl (C=O) groups excluding carboxylic acids is 1. The topological polar surface area (TPSA) is 36.9 Å². The van der Waals surface area contributed by atoms with E-state index in [0.29, 0.717) is 11.6 Å². The minimum atomic E-state index is 0. The molecule has 3 aromatic rings. The van der Waals surface area contributed by atoms with Crippen molar-refractivity contribution < 1.29 is 22.5 Å². The van der Waals surface area contributed by atoms with Gasteiger partial charge >= 0.3 is 0 Å². The summed E-state index contributed by atoms with van der Waals surface area (Å²) in [5, 5.41) is 2.67. The molecule has 0 atom stereocenters. The maximum Gasteiger partial charge on any atom is 0.286 e. The van der Waals surface area contributed by atoms with Crippen molar-refractivity contribution in [2.75, 3.05) is 11.4 Å². The minimum absolute atomic E-state index is 0. The van der Waals surface area contributed by atoms with Crippen LogP contribution < -0.4 is 22.6 Å². The van der Waals surface area contributed by atoms with Crippen molar-refractivity contribution >= 4 is 40.6 Å². The van der Waals surface area contributed by atoms with E-state index in [4.69, 9.17) is 11.6 Å². The first-order chi connectivity index (χ1) is 12.7. The first-order valence-electron chi connectivity index (χ1n) is 8.47. The summed E-state index contributed by atoms with van der Waals surface area (Å²) in [5.41, 5.74) is 2.99. The molecular formula is C21H18Cl2N2OS. The van der Waals surface area contributed by atoms with Crippen molar-refractivity contribution in [2.45, 2.75) is 16.3 Å². The number of hydrogen-bond donors (Lipinski definition) is 1. The maximum atomic E-state index is 13.1. The van der Waals surface area contributed by atoms with Crippen molar-refractivity contribution in [1.82, 2.24) is 0 Å². The summed E-state index contributed by atoms with van der Waals surface area (Å²) in [7, 11) is 0. The predicted molar refractivity (Wildman–Crippen MR) is 106 cm³/mol. The van der Waals surface area contributed by atoms with Crippen LogP contribution in [0.2, 0.25) is 5.02 Å². The van der Waals surface area contributed by atoms with E-state index >= 15 is 0 Å². The Balaban J connectivity index is 0.00000210. The largest absolute Gasteiger partial charge is 1.00 e. The molecule has 138 valence electrons. The number of fused-ring (bicyclic) bond motifs is 2. The number of amides is 1. The molecule has 1 aliphatic heterocycles. The average molecular weight is 417 g/mol. The van der Waals surface area contributed by atoms with E-state index < -0.39 is 0 Å². The van der Waals surface area contributed by atoms with Crippen molar-refractivity contribution in [2.24, 2.45) is 0 Å². The number of nitrogens with zero attached hydrogens (tertiary/aromatic N) is 1. The molecule has 27 heavy (non-hydrogen) atoms. The average Bonchev–Trinajstić information content (AvgIpc) is 2.67. The number of halogens is 2. The van der Waals surface area contributed by atoms with Crippen molar-refractivity contribution in [3.05, 3.63) is 83.4 Å². The van der Waals surface area contributed by atoms with Crippen LogP contribution in [0.1, 0.15) is 5.56 Å². The van der Waals surface area contributed by atoms with Gasteiger partial charge in [-0.15, -0.1) is 0 Å². The fourth-order valence-corrected chi connectivity index (χ4v) is 4.27. The molecule has 1 aliphatic rings. The molecule has 0 radical (unpaired) electrons. The van der Waals surface area contributed by atoms with Crippen molar-refractivity contribution in [1.29, 1.82) is 0 Å². The van der Waals surface area contributed by atoms with E-state index in [2.05, 4.69) is 12.1 Å². The van der Waals surface area contributed by atoms with Crippen LogP contribution in [0.3, 0.4) is 0 Å². The zero-order valence-corrected chi connectivity index (χ0v) is 16.8. The third kappa shape index (κ3) is 4.30. The first kappa shape index (κ1) is 19.8. The number of para-hydroxylation sites is 1. The lowest BCUT2D eigenvalue weighted by Crippen LogP contribution is -3.00. The zero-order chi connectivity index (χ0) is 17.9. The lowest BCUT2D eigenvalue weighted by atomic mass is 10.2. The van der Waals surface area contributed by atoms with Crippen LogP contribution in [0, 0.1) is 0 Å². The number of benzene rings is 3. The van der Waals surface area contributed by atoms with Crippen LogP contribution in [0.4, 0.5) is 11.4 Å². The van der Waals surface area contributed by atoms with Crippen molar-refractivity contribution in [3.8, 4) is 0 Å². The second kappa shape index (κ2) is 8.81. The smallest absolute Gasteiger partial charge is 0.286 e. The van der Waals surface area contributed by atoms with Gasteiger partial charge in [-0.1, -0.05) is 65.8 Å². The normalized spacial score (nSPS) is 12.0. The fourth-order valence-electron chi connectivity index (χ4n) is 3.06. The lowest BCUT2D eigenvalue weighted by Gasteiger charge is -2.30. The molecule has 0 bridgehead atoms. The Bertz CT molecular complexity index is 950. The van der Waals surface area contributed by atoms with E-state index in [-0.39, 0.29) is 18.3 Å². The number of quaternary nitrogens is 1. The van der Waals surface area contributed by atoms with Gasteiger partial charge in [-0.2, -0.15) is 0 Å². The van der Waals surface area contributed by atoms with Crippen LogP contribution in [-0.4, -0.2) is 12.5 Å². The van der Waals surface area contributed by atoms with E-state index in [0.717, 1.165) is 27.7 Å². The molecule has 1 heterocycles. The summed E-state index contributed by atoms with van der Waals surface area (Å²) < 4.78 is 0. The van der Waals surface area contributed by atoms with Gasteiger partial charge in [0.2, 0.25) is 0 Å². The third-order valence-corrected chi connectivity index (χ3v) is 5.64. The number of nitrogens with two attached hydrogens (primary N) is 1. The lowest BCUT2D eigenvalue weighted by molar-refractivity contribution is -0.659. The van der Waals surface area contributed by atoms with Crippen LogP contribution in [-0.2, 0) is 11.3 Å². The Morgan fingerprint density at radius 1 is 0.926 bits per heavy atom. The van der Waals surface area contributed by atoms with E-state index in [1.807, 2.05) is 66.0 Å². The highest BCUT2D eigenvalue weighted by molar-refractivity contribution is 7.99. The number of carbonyl (C=O) groups is 1. The highest BCUT2D eigenvalue weighted by atomic mass is 35.5. The molecule has 2 N–H and O–H groups in total. The summed E-state index contributed by atoms with van der Waals surface area (Å²) in [5.74, 6) is 0.0530. The molecule has 0 fully saturated rings. The molecule has 0 unspecified atom stereocenters. The Labute approximate surface area is 174 Å². The summed E-state index contributed by atoms with van der Waals surface area (Å²) >= 11 is 7.87. The minimum Gasteiger partial charge on any atom is -1.00 e. The summed E-state index contributed by atoms with van der Waals surface area (Å²) in [6.45, 7) is 1.15. The third-order valence-electron chi connectivity index (χ3n) is 4.28. The molecule has 1 amide bonds. The molecule has 6 heteroatoms. The van der Waals surface area contributed by atoms with Gasteiger partial charge in [0.05, 0.1) is 11.4 Å². The van der Waals surface area contributed by atoms with E-state index in [9.17, 15) is 4.79 Å². The van der Waals surface area contributed by atoms with Gasteiger partial charge < -0.3 is 17.7 Å². The van der Waals surface area contributed by atoms with Gasteiger partial charge in [-0.05, 0) is 30.3 Å². The van der Waals surface area contributed by atoms with Crippen LogP contribution in [0.15, 0.2) is 82.6 Å². The standard InChI is InChI=1S/C21H17ClN2OS.ClH/c22-16-10-11-20-18(12-16)24(17-8-4-5-9-19(17)26-20)21(25)14-23-13-15-6-2-1-3-7-15;/h1-12,23H,13-14H2;1H. The van der Waals surface area contributed by atoms with Gasteiger partial charge in [0.25, 0.3) is 5.91 Å². The molecular weight excluding hydrogens is 399 g/mol. The monoisotopic (exact) mass is 416 g/mol. The Morgan fingerprint density at radius 3 is 2.44 bits per heavy atom. The van der Waals surface area contributed by atoms with E-state index in [1.54, 1.807) is 16.7 Å². The number of hydrogen-bond acceptors (Lipinski definition) is 2. The molecule has 3 aromatic carbocycles. The summed E-state index contributed by atoms with van der Waals surface area (Å²) in [4.78, 5) is 17.0. The van der Waals surface area contributed by atoms with Gasteiger partial charge in [-0.25, -0.2) is 0 Å². The SMILES string of the molecule is O=C(C[NH2+]Cc1ccccc1)N1c2ccccc2Sc2ccc(Cl)cc21.[Cl-]. The molecule has 3 nitrogen and oxygen atoms in total. The second-order valence-electron chi connectivity index (χ2n) is 6.09. The zero-order valence-electron chi connectivity index (χ0n) is 14.4. The number of anilines is 2. The molecule has 0 saturated carbocycles. The van der Waals surface area contributed by atoms with Crippen molar-refractivity contribution in [3.63, 3.8) is 0 Å². The van der Waals surface area contributed by atoms with Crippen LogP contribution >= 0.6 is 23.4 Å². The highest BCUT2D eigenvalue weighted by Gasteiger charge is 2.28. The number of rotatable bonds is 4. The van der Waals surface area contributed by atoms with Gasteiger partial charge in [0.1, 0.15) is 6.54 Å². The first-order valence-corrected chi connectivity index (χ1v) is 9.67. The molecule has 0 aromatic heterocycles. The van der Waals surface area contributed by atoms with Gasteiger partial charge in [0.15, 0.2) is 6.54 Å². The van der Waals surface area contributed by atoms with Crippen LogP contribution in [0.5, 0.6) is 0 Å². The summed E-state index contributed by atoms with van der Waals surface area (Å²) in [6.07, 6.45) is 0. The molecule has 4 rings (SSSR count). The highest BCUT2D eigenvalue weighted by Crippen LogP contribution is 2.48. The van der Waals surface area contributed by atoms with E-state index in [1.165, 1.54) is 5.56 Å². The molecule has 0 spiro atoms. The molecule has 0 aliphatic carbocycles. The summed E-state index contributed by atoms with van der Waals surface area (Å²) in [6, 6.07) is 23.9. The maximum absolute atomic E-state index is 13.1. The quantitative estimate of drug-likeness (QED) is 0.694. The predicted octanol–water partition coefficient (Wildman–Crippen LogP) is 1.24. The Hall–Kier alpha value is -1.98. The van der Waals surface area contributed by atoms with Crippen LogP contribution in [0.25, 0.3) is 0 Å². The van der Waals surface area contributed by atoms with Gasteiger partial charge in [-0.3, -0.25) is 9.69 Å². The second-order valence-corrected chi connectivity index (χ2v) is 7.61. The Morgan fingerprint density at radius 2 is 1.63 bits per heavy atom. The molecule has 0 saturated heterocycles.